The molecule has 2 N–H and O–H groups in total. The number of hydrogen-bond acceptors (Lipinski definition) is 6. The normalized spacial score (nSPS) is 14.1. The number of methoxy groups -OCH3 is 1. The van der Waals surface area contributed by atoms with Crippen molar-refractivity contribution in [3.8, 4) is 0 Å². The van der Waals surface area contributed by atoms with E-state index >= 15 is 0 Å². The highest BCUT2D eigenvalue weighted by Gasteiger charge is 2.23. The lowest BCUT2D eigenvalue weighted by Gasteiger charge is -2.17. The molecule has 0 saturated carbocycles. The molecule has 36 heavy (non-hydrogen) atoms. The number of rotatable bonds is 7. The summed E-state index contributed by atoms with van der Waals surface area (Å²) in [5.41, 5.74) is 4.02. The van der Waals surface area contributed by atoms with E-state index in [1.54, 1.807) is 0 Å². The molecule has 9 heteroatoms. The van der Waals surface area contributed by atoms with Gasteiger partial charge in [0.25, 0.3) is 0 Å². The zero-order chi connectivity index (χ0) is 25.9. The highest BCUT2D eigenvalue weighted by atomic mass is 32.2. The van der Waals surface area contributed by atoms with Crippen molar-refractivity contribution in [2.24, 2.45) is 0 Å². The molecule has 4 rings (SSSR count). The number of benzene rings is 3. The van der Waals surface area contributed by atoms with E-state index in [4.69, 9.17) is 4.74 Å². The van der Waals surface area contributed by atoms with E-state index in [2.05, 4.69) is 15.5 Å². The number of anilines is 1. The van der Waals surface area contributed by atoms with Crippen LogP contribution in [0.5, 0.6) is 0 Å². The van der Waals surface area contributed by atoms with Crippen molar-refractivity contribution in [3.05, 3.63) is 94.5 Å². The molecule has 3 aromatic rings. The van der Waals surface area contributed by atoms with Gasteiger partial charge in [0, 0.05) is 13.1 Å². The molecule has 3 aromatic carbocycles. The molecule has 1 aliphatic rings. The maximum atomic E-state index is 13.2. The van der Waals surface area contributed by atoms with E-state index in [0.29, 0.717) is 5.56 Å². The number of ether oxygens (including phenoxy) is 1. The number of urea groups is 1. The maximum absolute atomic E-state index is 13.2. The van der Waals surface area contributed by atoms with Crippen molar-refractivity contribution in [1.82, 2.24) is 10.2 Å². The van der Waals surface area contributed by atoms with Crippen molar-refractivity contribution in [2.75, 3.05) is 19.5 Å². The third kappa shape index (κ3) is 5.75. The number of amides is 2. The van der Waals surface area contributed by atoms with Crippen LogP contribution in [-0.2, 0) is 33.4 Å². The van der Waals surface area contributed by atoms with Crippen LogP contribution in [0.3, 0.4) is 0 Å². The van der Waals surface area contributed by atoms with Crippen molar-refractivity contribution < 1.29 is 22.7 Å². The van der Waals surface area contributed by atoms with E-state index in [1.165, 1.54) is 30.9 Å². The number of hydrogen-bond donors (Lipinski definition) is 2. The van der Waals surface area contributed by atoms with Crippen LogP contribution in [0.2, 0.25) is 0 Å². The van der Waals surface area contributed by atoms with Crippen LogP contribution in [0.1, 0.15) is 45.6 Å². The second kappa shape index (κ2) is 10.5. The number of esters is 1. The van der Waals surface area contributed by atoms with Crippen LogP contribution >= 0.6 is 0 Å². The highest BCUT2D eigenvalue weighted by Crippen LogP contribution is 2.27. The molecule has 2 amide bonds. The van der Waals surface area contributed by atoms with Crippen LogP contribution in [0.25, 0.3) is 0 Å². The summed E-state index contributed by atoms with van der Waals surface area (Å²) in [6.45, 7) is 3.46. The molecule has 1 atom stereocenters. The zero-order valence-electron chi connectivity index (χ0n) is 20.4. The Labute approximate surface area is 211 Å². The van der Waals surface area contributed by atoms with Crippen LogP contribution in [0.4, 0.5) is 10.5 Å². The van der Waals surface area contributed by atoms with Crippen LogP contribution < -0.4 is 10.6 Å². The minimum Gasteiger partial charge on any atom is -0.465 e. The lowest BCUT2D eigenvalue weighted by molar-refractivity contribution is 0.0601. The smallest absolute Gasteiger partial charge is 0.340 e. The van der Waals surface area contributed by atoms with Crippen LogP contribution in [-0.4, -0.2) is 39.5 Å². The third-order valence-electron chi connectivity index (χ3n) is 6.16. The Hall–Kier alpha value is -3.69. The Morgan fingerprint density at radius 1 is 1.00 bits per heavy atom. The molecule has 0 aromatic heterocycles. The first-order chi connectivity index (χ1) is 17.2. The third-order valence-corrected chi connectivity index (χ3v) is 7.84. The second-order valence-electron chi connectivity index (χ2n) is 8.96. The Bertz CT molecular complexity index is 1390. The number of carbonyl (C=O) groups is 2. The second-order valence-corrected chi connectivity index (χ2v) is 11.0. The summed E-state index contributed by atoms with van der Waals surface area (Å²) in [6.07, 6.45) is 0. The monoisotopic (exact) mass is 507 g/mol. The molecule has 1 aliphatic heterocycles. The van der Waals surface area contributed by atoms with Gasteiger partial charge in [0.15, 0.2) is 9.84 Å². The molecular formula is C27H29N3O5S. The molecule has 0 bridgehead atoms. The summed E-state index contributed by atoms with van der Waals surface area (Å²) in [5.74, 6) is -0.953. The van der Waals surface area contributed by atoms with Gasteiger partial charge in [-0.05, 0) is 54.4 Å². The minimum absolute atomic E-state index is 0.0240. The SMILES string of the molecule is COC(=O)c1cc(S(=O)(=O)Cc2ccc3c(c2)CN(C)C3)ccc1NC(=O)NC(C)c1ccccc1. The minimum atomic E-state index is -3.76. The van der Waals surface area contributed by atoms with Gasteiger partial charge in [-0.25, -0.2) is 18.0 Å². The Morgan fingerprint density at radius 3 is 2.44 bits per heavy atom. The molecule has 0 fully saturated rings. The summed E-state index contributed by atoms with van der Waals surface area (Å²) in [4.78, 5) is 27.2. The van der Waals surface area contributed by atoms with Crippen molar-refractivity contribution >= 4 is 27.5 Å². The van der Waals surface area contributed by atoms with Gasteiger partial charge < -0.3 is 15.4 Å². The Kier molecular flexibility index (Phi) is 7.42. The van der Waals surface area contributed by atoms with E-state index in [9.17, 15) is 18.0 Å². The van der Waals surface area contributed by atoms with Gasteiger partial charge in [-0.15, -0.1) is 0 Å². The molecule has 0 radical (unpaired) electrons. The maximum Gasteiger partial charge on any atom is 0.340 e. The predicted octanol–water partition coefficient (Wildman–Crippen LogP) is 4.28. The summed E-state index contributed by atoms with van der Waals surface area (Å²) in [6, 6.07) is 18.4. The molecule has 0 spiro atoms. The van der Waals surface area contributed by atoms with Crippen molar-refractivity contribution in [3.63, 3.8) is 0 Å². The Balaban J connectivity index is 1.53. The lowest BCUT2D eigenvalue weighted by Crippen LogP contribution is -2.31. The first-order valence-corrected chi connectivity index (χ1v) is 13.2. The van der Waals surface area contributed by atoms with E-state index in [0.717, 1.165) is 24.2 Å². The average Bonchev–Trinajstić information content (AvgIpc) is 3.23. The fourth-order valence-corrected chi connectivity index (χ4v) is 5.65. The lowest BCUT2D eigenvalue weighted by atomic mass is 10.1. The number of fused-ring (bicyclic) bond motifs is 1. The van der Waals surface area contributed by atoms with Gasteiger partial charge in [-0.2, -0.15) is 0 Å². The van der Waals surface area contributed by atoms with E-state index < -0.39 is 21.8 Å². The standard InChI is InChI=1S/C27H29N3O5S/c1-18(20-7-5-4-6-8-20)28-27(32)29-25-12-11-23(14-24(25)26(31)35-3)36(33,34)17-19-9-10-21-15-30(2)16-22(21)13-19/h4-14,18H,15-17H2,1-3H3,(H2,28,29,32). The molecular weight excluding hydrogens is 478 g/mol. The number of carbonyl (C=O) groups excluding carboxylic acids is 2. The number of nitrogens with one attached hydrogen (secondary N) is 2. The predicted molar refractivity (Wildman–Crippen MR) is 137 cm³/mol. The number of sulfone groups is 1. The molecule has 8 nitrogen and oxygen atoms in total. The van der Waals surface area contributed by atoms with E-state index in [-0.39, 0.29) is 27.9 Å². The number of nitrogens with zero attached hydrogens (tertiary/aromatic N) is 1. The van der Waals surface area contributed by atoms with E-state index in [1.807, 2.05) is 62.5 Å². The zero-order valence-corrected chi connectivity index (χ0v) is 21.3. The summed E-state index contributed by atoms with van der Waals surface area (Å²) >= 11 is 0. The van der Waals surface area contributed by atoms with Crippen LogP contribution in [0, 0.1) is 0 Å². The molecule has 0 aliphatic carbocycles. The van der Waals surface area contributed by atoms with Gasteiger partial charge >= 0.3 is 12.0 Å². The first kappa shape index (κ1) is 25.4. The summed E-state index contributed by atoms with van der Waals surface area (Å²) in [7, 11) is -0.541. The van der Waals surface area contributed by atoms with Gasteiger partial charge in [0.1, 0.15) is 0 Å². The largest absolute Gasteiger partial charge is 0.465 e. The molecule has 1 heterocycles. The summed E-state index contributed by atoms with van der Waals surface area (Å²) < 4.78 is 31.3. The fourth-order valence-electron chi connectivity index (χ4n) is 4.30. The summed E-state index contributed by atoms with van der Waals surface area (Å²) in [5, 5.41) is 5.44. The van der Waals surface area contributed by atoms with Gasteiger partial charge in [-0.1, -0.05) is 48.5 Å². The highest BCUT2D eigenvalue weighted by molar-refractivity contribution is 7.90. The topological polar surface area (TPSA) is 105 Å². The van der Waals surface area contributed by atoms with Crippen LogP contribution in [0.15, 0.2) is 71.6 Å². The van der Waals surface area contributed by atoms with Crippen molar-refractivity contribution in [1.29, 1.82) is 0 Å². The molecule has 1 unspecified atom stereocenters. The average molecular weight is 508 g/mol. The Morgan fingerprint density at radius 2 is 1.72 bits per heavy atom. The fraction of sp³-hybridized carbons (Fsp3) is 0.259. The van der Waals surface area contributed by atoms with Gasteiger partial charge in [0.2, 0.25) is 0 Å². The van der Waals surface area contributed by atoms with Gasteiger partial charge in [0.05, 0.1) is 35.1 Å². The molecule has 188 valence electrons. The van der Waals surface area contributed by atoms with Gasteiger partial charge in [-0.3, -0.25) is 4.90 Å². The quantitative estimate of drug-likeness (QED) is 0.463. The van der Waals surface area contributed by atoms with Crippen molar-refractivity contribution in [2.45, 2.75) is 36.7 Å². The first-order valence-electron chi connectivity index (χ1n) is 11.5. The molecule has 0 saturated heterocycles.